The van der Waals surface area contributed by atoms with Gasteiger partial charge in [-0.2, -0.15) is 10.5 Å². The molecule has 1 atom stereocenters. The number of ether oxygens (including phenoxy) is 1. The molecule has 120 valence electrons. The molecule has 6 nitrogen and oxygen atoms in total. The quantitative estimate of drug-likeness (QED) is 0.877. The summed E-state index contributed by atoms with van der Waals surface area (Å²) in [6, 6.07) is 15.2. The molecule has 6 heteroatoms. The number of rotatable bonds is 5. The molecule has 2 aromatic carbocycles. The second-order valence-corrected chi connectivity index (χ2v) is 5.09. The number of aliphatic hydroxyl groups is 1. The van der Waals surface area contributed by atoms with Crippen molar-refractivity contribution in [2.45, 2.75) is 13.0 Å². The fourth-order valence-corrected chi connectivity index (χ4v) is 1.97. The molecule has 0 spiro atoms. The Hall–Kier alpha value is -3.35. The second-order valence-electron chi connectivity index (χ2n) is 5.09. The van der Waals surface area contributed by atoms with Crippen molar-refractivity contribution in [3.05, 3.63) is 59.2 Å². The smallest absolute Gasteiger partial charge is 0.256 e. The van der Waals surface area contributed by atoms with Crippen LogP contribution in [0.15, 0.2) is 42.5 Å². The zero-order valence-corrected chi connectivity index (χ0v) is 13.0. The summed E-state index contributed by atoms with van der Waals surface area (Å²) in [5, 5.41) is 30.0. The van der Waals surface area contributed by atoms with Gasteiger partial charge in [0.15, 0.2) is 6.10 Å². The number of nitriles is 2. The minimum atomic E-state index is -1.35. The van der Waals surface area contributed by atoms with E-state index in [9.17, 15) is 9.90 Å². The Bertz CT molecular complexity index is 817. The summed E-state index contributed by atoms with van der Waals surface area (Å²) in [4.78, 5) is 12.0. The molecular weight excluding hydrogens is 306 g/mol. The molecule has 0 fully saturated rings. The van der Waals surface area contributed by atoms with Crippen LogP contribution in [0.3, 0.4) is 0 Å². The van der Waals surface area contributed by atoms with Gasteiger partial charge in [-0.25, -0.2) is 0 Å². The van der Waals surface area contributed by atoms with Crippen LogP contribution in [0.2, 0.25) is 0 Å². The van der Waals surface area contributed by atoms with E-state index in [2.05, 4.69) is 5.32 Å². The highest BCUT2D eigenvalue weighted by molar-refractivity contribution is 5.94. The molecule has 0 radical (unpaired) electrons. The van der Waals surface area contributed by atoms with Crippen LogP contribution < -0.4 is 10.1 Å². The van der Waals surface area contributed by atoms with Crippen molar-refractivity contribution in [2.24, 2.45) is 0 Å². The molecule has 2 rings (SSSR count). The predicted octanol–water partition coefficient (Wildman–Crippen LogP) is 2.12. The van der Waals surface area contributed by atoms with Crippen molar-refractivity contribution >= 4 is 11.6 Å². The third-order valence-electron chi connectivity index (χ3n) is 3.31. The van der Waals surface area contributed by atoms with Crippen molar-refractivity contribution in [3.8, 4) is 17.9 Å². The first-order valence-electron chi connectivity index (χ1n) is 7.16. The van der Waals surface area contributed by atoms with Crippen LogP contribution in [0.1, 0.15) is 16.7 Å². The summed E-state index contributed by atoms with van der Waals surface area (Å²) in [5.41, 5.74) is 2.25. The Balaban J connectivity index is 1.91. The molecule has 0 aliphatic heterocycles. The fourth-order valence-electron chi connectivity index (χ4n) is 1.97. The van der Waals surface area contributed by atoms with Gasteiger partial charge >= 0.3 is 0 Å². The molecule has 0 aromatic heterocycles. The Labute approximate surface area is 139 Å². The van der Waals surface area contributed by atoms with E-state index in [1.54, 1.807) is 49.4 Å². The summed E-state index contributed by atoms with van der Waals surface area (Å²) in [6.45, 7) is 1.55. The molecule has 0 unspecified atom stereocenters. The number of nitrogens with one attached hydrogen (secondary N) is 1. The summed E-state index contributed by atoms with van der Waals surface area (Å²) in [7, 11) is 0. The number of aliphatic hydroxyl groups excluding tert-OH is 1. The third kappa shape index (κ3) is 4.33. The van der Waals surface area contributed by atoms with Crippen molar-refractivity contribution in [1.29, 1.82) is 10.5 Å². The van der Waals surface area contributed by atoms with E-state index >= 15 is 0 Å². The Kier molecular flexibility index (Phi) is 5.51. The van der Waals surface area contributed by atoms with Gasteiger partial charge in [0.05, 0.1) is 23.3 Å². The topological polar surface area (TPSA) is 106 Å². The van der Waals surface area contributed by atoms with E-state index in [1.165, 1.54) is 0 Å². The molecular formula is C18H15N3O3. The summed E-state index contributed by atoms with van der Waals surface area (Å²) in [5.74, 6) is -0.150. The van der Waals surface area contributed by atoms with Crippen LogP contribution >= 0.6 is 0 Å². The predicted molar refractivity (Wildman–Crippen MR) is 87.2 cm³/mol. The van der Waals surface area contributed by atoms with Gasteiger partial charge in [0, 0.05) is 5.69 Å². The average Bonchev–Trinajstić information content (AvgIpc) is 2.60. The van der Waals surface area contributed by atoms with Crippen molar-refractivity contribution in [2.75, 3.05) is 11.9 Å². The van der Waals surface area contributed by atoms with Gasteiger partial charge in [0.25, 0.3) is 5.91 Å². The van der Waals surface area contributed by atoms with E-state index in [1.807, 2.05) is 12.1 Å². The molecule has 0 saturated carbocycles. The van der Waals surface area contributed by atoms with Gasteiger partial charge in [0.2, 0.25) is 0 Å². The summed E-state index contributed by atoms with van der Waals surface area (Å²) < 4.78 is 5.32. The minimum absolute atomic E-state index is 0.215. The number of carbonyl (C=O) groups excluding carboxylic acids is 1. The zero-order chi connectivity index (χ0) is 17.5. The molecule has 0 heterocycles. The number of aryl methyl sites for hydroxylation is 1. The molecule has 24 heavy (non-hydrogen) atoms. The molecule has 2 N–H and O–H groups in total. The van der Waals surface area contributed by atoms with Crippen molar-refractivity contribution in [3.63, 3.8) is 0 Å². The van der Waals surface area contributed by atoms with Gasteiger partial charge in [-0.15, -0.1) is 0 Å². The van der Waals surface area contributed by atoms with E-state index < -0.39 is 12.0 Å². The lowest BCUT2D eigenvalue weighted by Crippen LogP contribution is -2.32. The van der Waals surface area contributed by atoms with Gasteiger partial charge in [0.1, 0.15) is 12.4 Å². The van der Waals surface area contributed by atoms with Crippen molar-refractivity contribution in [1.82, 2.24) is 0 Å². The minimum Gasteiger partial charge on any atom is -0.490 e. The van der Waals surface area contributed by atoms with E-state index in [0.29, 0.717) is 22.6 Å². The van der Waals surface area contributed by atoms with Crippen LogP contribution in [0.5, 0.6) is 5.75 Å². The highest BCUT2D eigenvalue weighted by atomic mass is 16.5. The Morgan fingerprint density at radius 2 is 1.92 bits per heavy atom. The number of carbonyl (C=O) groups is 1. The zero-order valence-electron chi connectivity index (χ0n) is 13.0. The first kappa shape index (κ1) is 17.0. The van der Waals surface area contributed by atoms with E-state index in [4.69, 9.17) is 15.3 Å². The maximum Gasteiger partial charge on any atom is 0.256 e. The number of benzene rings is 2. The van der Waals surface area contributed by atoms with Crippen LogP contribution in [0, 0.1) is 29.6 Å². The van der Waals surface area contributed by atoms with E-state index in [0.717, 1.165) is 5.56 Å². The summed E-state index contributed by atoms with van der Waals surface area (Å²) in [6.07, 6.45) is -1.35. The average molecular weight is 321 g/mol. The highest BCUT2D eigenvalue weighted by Crippen LogP contribution is 2.15. The molecule has 0 aliphatic rings. The molecule has 2 aromatic rings. The van der Waals surface area contributed by atoms with Gasteiger partial charge in [-0.3, -0.25) is 4.79 Å². The first-order valence-corrected chi connectivity index (χ1v) is 7.16. The number of hydrogen-bond acceptors (Lipinski definition) is 5. The monoisotopic (exact) mass is 321 g/mol. The molecule has 0 saturated heterocycles. The van der Waals surface area contributed by atoms with E-state index in [-0.39, 0.29) is 6.61 Å². The normalized spacial score (nSPS) is 11.0. The number of nitrogens with zero attached hydrogens (tertiary/aromatic N) is 2. The number of anilines is 1. The van der Waals surface area contributed by atoms with Crippen LogP contribution in [-0.4, -0.2) is 23.7 Å². The SMILES string of the molecule is Cc1cc(NC(=O)[C@H](O)COc2ccc(C#N)cc2)ccc1C#N. The standard InChI is InChI=1S/C18H15N3O3/c1-12-8-15(5-4-14(12)10-20)21-18(23)17(22)11-24-16-6-2-13(9-19)3-7-16/h2-8,17,22H,11H2,1H3,(H,21,23)/t17-/m1/s1. The van der Waals surface area contributed by atoms with Crippen LogP contribution in [0.25, 0.3) is 0 Å². The summed E-state index contributed by atoms with van der Waals surface area (Å²) >= 11 is 0. The van der Waals surface area contributed by atoms with Gasteiger partial charge in [-0.1, -0.05) is 0 Å². The maximum atomic E-state index is 12.0. The maximum absolute atomic E-state index is 12.0. The molecule has 0 aliphatic carbocycles. The largest absolute Gasteiger partial charge is 0.490 e. The van der Waals surface area contributed by atoms with Crippen molar-refractivity contribution < 1.29 is 14.6 Å². The molecule has 0 bridgehead atoms. The number of hydrogen-bond donors (Lipinski definition) is 2. The van der Waals surface area contributed by atoms with Gasteiger partial charge in [-0.05, 0) is 55.0 Å². The lowest BCUT2D eigenvalue weighted by molar-refractivity contribution is -0.125. The lowest BCUT2D eigenvalue weighted by Gasteiger charge is -2.13. The second kappa shape index (κ2) is 7.77. The molecule has 1 amide bonds. The number of amides is 1. The van der Waals surface area contributed by atoms with Gasteiger partial charge < -0.3 is 15.2 Å². The highest BCUT2D eigenvalue weighted by Gasteiger charge is 2.16. The Morgan fingerprint density at radius 1 is 1.21 bits per heavy atom. The van der Waals surface area contributed by atoms with Crippen LogP contribution in [0.4, 0.5) is 5.69 Å². The fraction of sp³-hybridized carbons (Fsp3) is 0.167. The third-order valence-corrected chi connectivity index (χ3v) is 3.31. The first-order chi connectivity index (χ1) is 11.5. The van der Waals surface area contributed by atoms with Crippen LogP contribution in [-0.2, 0) is 4.79 Å². The lowest BCUT2D eigenvalue weighted by atomic mass is 10.1. The Morgan fingerprint density at radius 3 is 2.50 bits per heavy atom.